The van der Waals surface area contributed by atoms with Gasteiger partial charge in [-0.15, -0.1) is 0 Å². The Bertz CT molecular complexity index is 574. The molecule has 0 spiro atoms. The highest BCUT2D eigenvalue weighted by atomic mass is 19.1. The van der Waals surface area contributed by atoms with Gasteiger partial charge in [-0.3, -0.25) is 4.79 Å². The highest BCUT2D eigenvalue weighted by Crippen LogP contribution is 2.16. The predicted octanol–water partition coefficient (Wildman–Crippen LogP) is 2.26. The van der Waals surface area contributed by atoms with E-state index >= 15 is 0 Å². The van der Waals surface area contributed by atoms with E-state index in [1.807, 2.05) is 0 Å². The highest BCUT2D eigenvalue weighted by molar-refractivity contribution is 6.07. The predicted molar refractivity (Wildman–Crippen MR) is 67.0 cm³/mol. The molecule has 6 heteroatoms. The van der Waals surface area contributed by atoms with E-state index in [0.717, 1.165) is 12.1 Å². The van der Waals surface area contributed by atoms with Crippen LogP contribution in [0.25, 0.3) is 0 Å². The molecule has 1 amide bonds. The number of nitrogens with one attached hydrogen (secondary N) is 1. The molecule has 1 rings (SSSR count). The summed E-state index contributed by atoms with van der Waals surface area (Å²) in [7, 11) is 3.36. The third-order valence-corrected chi connectivity index (χ3v) is 2.55. The van der Waals surface area contributed by atoms with Crippen molar-refractivity contribution in [3.05, 3.63) is 41.1 Å². The topological polar surface area (TPSA) is 56.1 Å². The van der Waals surface area contributed by atoms with Crippen LogP contribution in [-0.2, 0) is 4.79 Å². The first-order valence-electron chi connectivity index (χ1n) is 5.41. The number of halogens is 2. The average molecular weight is 265 g/mol. The second-order valence-electron chi connectivity index (χ2n) is 4.04. The lowest BCUT2D eigenvalue weighted by Crippen LogP contribution is -2.20. The van der Waals surface area contributed by atoms with Gasteiger partial charge in [0.15, 0.2) is 0 Å². The van der Waals surface area contributed by atoms with E-state index in [9.17, 15) is 13.6 Å². The monoisotopic (exact) mass is 265 g/mol. The van der Waals surface area contributed by atoms with Crippen molar-refractivity contribution in [1.29, 1.82) is 5.26 Å². The number of nitriles is 1. The molecule has 0 saturated carbocycles. The van der Waals surface area contributed by atoms with Gasteiger partial charge in [-0.1, -0.05) is 0 Å². The first-order valence-corrected chi connectivity index (χ1v) is 5.41. The summed E-state index contributed by atoms with van der Waals surface area (Å²) in [6, 6.07) is 4.54. The molecule has 0 atom stereocenters. The lowest BCUT2D eigenvalue weighted by Gasteiger charge is -2.15. The molecule has 0 radical (unpaired) electrons. The molecular weight excluding hydrogens is 252 g/mol. The summed E-state index contributed by atoms with van der Waals surface area (Å²) in [6.45, 7) is 1.60. The molecule has 0 bridgehead atoms. The van der Waals surface area contributed by atoms with Crippen molar-refractivity contribution in [2.75, 3.05) is 19.4 Å². The second kappa shape index (κ2) is 5.96. The summed E-state index contributed by atoms with van der Waals surface area (Å²) >= 11 is 0. The Morgan fingerprint density at radius 1 is 1.37 bits per heavy atom. The van der Waals surface area contributed by atoms with Crippen LogP contribution in [0.4, 0.5) is 14.5 Å². The smallest absolute Gasteiger partial charge is 0.268 e. The first-order chi connectivity index (χ1) is 8.86. The van der Waals surface area contributed by atoms with Crippen molar-refractivity contribution in [2.24, 2.45) is 0 Å². The fourth-order valence-corrected chi connectivity index (χ4v) is 1.30. The largest absolute Gasteiger partial charge is 0.380 e. The molecule has 0 aliphatic carbocycles. The zero-order valence-electron chi connectivity index (χ0n) is 10.8. The molecule has 19 heavy (non-hydrogen) atoms. The number of hydrogen-bond donors (Lipinski definition) is 1. The van der Waals surface area contributed by atoms with E-state index in [1.54, 1.807) is 32.0 Å². The Morgan fingerprint density at radius 2 is 2.00 bits per heavy atom. The van der Waals surface area contributed by atoms with E-state index in [-0.39, 0.29) is 11.3 Å². The van der Waals surface area contributed by atoms with E-state index < -0.39 is 17.5 Å². The number of allylic oxidation sites excluding steroid dienone is 1. The molecule has 0 heterocycles. The number of nitrogens with zero attached hydrogens (tertiary/aromatic N) is 2. The SMILES string of the molecule is CC(=C(C#N)C(=O)Nc1ccc(F)cc1F)N(C)C. The van der Waals surface area contributed by atoms with Gasteiger partial charge in [0.1, 0.15) is 23.3 Å². The third-order valence-electron chi connectivity index (χ3n) is 2.55. The molecule has 1 N–H and O–H groups in total. The van der Waals surface area contributed by atoms with Crippen molar-refractivity contribution >= 4 is 11.6 Å². The van der Waals surface area contributed by atoms with Gasteiger partial charge in [0, 0.05) is 25.9 Å². The lowest BCUT2D eigenvalue weighted by molar-refractivity contribution is -0.112. The summed E-state index contributed by atoms with van der Waals surface area (Å²) in [5.41, 5.74) is 0.141. The molecule has 0 aliphatic heterocycles. The number of hydrogen-bond acceptors (Lipinski definition) is 3. The molecule has 100 valence electrons. The van der Waals surface area contributed by atoms with Crippen LogP contribution < -0.4 is 5.32 Å². The van der Waals surface area contributed by atoms with Gasteiger partial charge in [0.05, 0.1) is 5.69 Å². The van der Waals surface area contributed by atoms with Gasteiger partial charge < -0.3 is 10.2 Å². The third kappa shape index (κ3) is 3.52. The van der Waals surface area contributed by atoms with Gasteiger partial charge in [0.25, 0.3) is 5.91 Å². The van der Waals surface area contributed by atoms with Gasteiger partial charge in [-0.05, 0) is 19.1 Å². The molecule has 1 aromatic carbocycles. The number of anilines is 1. The Morgan fingerprint density at radius 3 is 2.47 bits per heavy atom. The van der Waals surface area contributed by atoms with Crippen LogP contribution in [0.15, 0.2) is 29.5 Å². The first kappa shape index (κ1) is 14.6. The Balaban J connectivity index is 3.03. The van der Waals surface area contributed by atoms with Gasteiger partial charge in [-0.25, -0.2) is 8.78 Å². The van der Waals surface area contributed by atoms with E-state index in [2.05, 4.69) is 5.32 Å². The van der Waals surface area contributed by atoms with Crippen molar-refractivity contribution in [1.82, 2.24) is 4.90 Å². The maximum atomic E-state index is 13.4. The Hall–Kier alpha value is -2.42. The molecule has 0 fully saturated rings. The summed E-state index contributed by atoms with van der Waals surface area (Å²) in [4.78, 5) is 13.4. The van der Waals surface area contributed by atoms with Crippen LogP contribution in [0.3, 0.4) is 0 Å². The van der Waals surface area contributed by atoms with Crippen molar-refractivity contribution in [2.45, 2.75) is 6.92 Å². The number of rotatable bonds is 3. The number of benzene rings is 1. The summed E-state index contributed by atoms with van der Waals surface area (Å²) in [6.07, 6.45) is 0. The highest BCUT2D eigenvalue weighted by Gasteiger charge is 2.16. The minimum Gasteiger partial charge on any atom is -0.380 e. The minimum atomic E-state index is -0.895. The molecule has 0 aliphatic rings. The standard InChI is InChI=1S/C13H13F2N3O/c1-8(18(2)3)10(7-16)13(19)17-12-5-4-9(14)6-11(12)15/h4-6H,1-3H3,(H,17,19). The molecule has 0 aromatic heterocycles. The molecular formula is C13H13F2N3O. The Kier molecular flexibility index (Phi) is 4.59. The van der Waals surface area contributed by atoms with Crippen molar-refractivity contribution in [3.63, 3.8) is 0 Å². The summed E-state index contributed by atoms with van der Waals surface area (Å²) < 4.78 is 26.1. The average Bonchev–Trinajstić information content (AvgIpc) is 2.33. The summed E-state index contributed by atoms with van der Waals surface area (Å²) in [5, 5.41) is 11.2. The van der Waals surface area contributed by atoms with Crippen LogP contribution in [0, 0.1) is 23.0 Å². The number of amides is 1. The Labute approximate surface area is 109 Å². The molecule has 0 unspecified atom stereocenters. The zero-order valence-corrected chi connectivity index (χ0v) is 10.8. The van der Waals surface area contributed by atoms with Gasteiger partial charge in [0.2, 0.25) is 0 Å². The lowest BCUT2D eigenvalue weighted by atomic mass is 10.2. The van der Waals surface area contributed by atoms with E-state index in [0.29, 0.717) is 11.8 Å². The van der Waals surface area contributed by atoms with Crippen LogP contribution >= 0.6 is 0 Å². The van der Waals surface area contributed by atoms with Gasteiger partial charge in [-0.2, -0.15) is 5.26 Å². The second-order valence-corrected chi connectivity index (χ2v) is 4.04. The van der Waals surface area contributed by atoms with Gasteiger partial charge >= 0.3 is 0 Å². The van der Waals surface area contributed by atoms with Crippen LogP contribution in [0.2, 0.25) is 0 Å². The van der Waals surface area contributed by atoms with Crippen molar-refractivity contribution in [3.8, 4) is 6.07 Å². The molecule has 4 nitrogen and oxygen atoms in total. The van der Waals surface area contributed by atoms with Crippen LogP contribution in [-0.4, -0.2) is 24.9 Å². The fourth-order valence-electron chi connectivity index (χ4n) is 1.30. The minimum absolute atomic E-state index is 0.131. The van der Waals surface area contributed by atoms with E-state index in [4.69, 9.17) is 5.26 Å². The maximum absolute atomic E-state index is 13.4. The number of carbonyl (C=O) groups is 1. The fraction of sp³-hybridized carbons (Fsp3) is 0.231. The number of carbonyl (C=O) groups excluding carboxylic acids is 1. The maximum Gasteiger partial charge on any atom is 0.268 e. The molecule has 1 aromatic rings. The normalized spacial score (nSPS) is 11.4. The van der Waals surface area contributed by atoms with Crippen LogP contribution in [0.5, 0.6) is 0 Å². The van der Waals surface area contributed by atoms with Crippen LogP contribution in [0.1, 0.15) is 6.92 Å². The van der Waals surface area contributed by atoms with E-state index in [1.165, 1.54) is 0 Å². The van der Waals surface area contributed by atoms with Crippen molar-refractivity contribution < 1.29 is 13.6 Å². The summed E-state index contributed by atoms with van der Waals surface area (Å²) in [5.74, 6) is -2.37. The quantitative estimate of drug-likeness (QED) is 0.673. The molecule has 0 saturated heterocycles. The zero-order chi connectivity index (χ0) is 14.6.